The number of fused-ring (bicyclic) bond motifs is 1. The van der Waals surface area contributed by atoms with Crippen molar-refractivity contribution in [3.8, 4) is 0 Å². The van der Waals surface area contributed by atoms with Gasteiger partial charge in [0.15, 0.2) is 6.10 Å². The smallest absolute Gasteiger partial charge is 0.378 e. The number of nitrogens with zero attached hydrogens (tertiary/aromatic N) is 1. The van der Waals surface area contributed by atoms with Gasteiger partial charge in [-0.05, 0) is 31.2 Å². The number of aryl methyl sites for hydroxylation is 1. The van der Waals surface area contributed by atoms with Crippen LogP contribution in [0.2, 0.25) is 0 Å². The normalized spacial score (nSPS) is 18.7. The fourth-order valence-corrected chi connectivity index (χ4v) is 1.89. The van der Waals surface area contributed by atoms with Crippen LogP contribution >= 0.6 is 0 Å². The maximum atomic E-state index is 12.3. The Kier molecular flexibility index (Phi) is 2.46. The summed E-state index contributed by atoms with van der Waals surface area (Å²) in [7, 11) is 0. The molecule has 1 aromatic heterocycles. The molecule has 0 saturated carbocycles. The van der Waals surface area contributed by atoms with Crippen molar-refractivity contribution < 1.29 is 18.3 Å². The molecule has 0 radical (unpaired) electrons. The van der Waals surface area contributed by atoms with Crippen molar-refractivity contribution in [1.82, 2.24) is 10.2 Å². The molecule has 0 saturated heterocycles. The Morgan fingerprint density at radius 2 is 1.93 bits per heavy atom. The Morgan fingerprint density at radius 1 is 1.27 bits per heavy atom. The lowest BCUT2D eigenvalue weighted by Gasteiger charge is -2.16. The van der Waals surface area contributed by atoms with Crippen LogP contribution in [0.4, 0.5) is 13.2 Å². The molecule has 84 valence electrons. The maximum Gasteiger partial charge on any atom is 0.420 e. The van der Waals surface area contributed by atoms with Gasteiger partial charge in [-0.25, -0.2) is 0 Å². The number of aromatic nitrogens is 2. The first-order chi connectivity index (χ1) is 7.00. The Balaban J connectivity index is 2.33. The van der Waals surface area contributed by atoms with E-state index in [2.05, 4.69) is 10.2 Å². The Morgan fingerprint density at radius 3 is 2.60 bits per heavy atom. The largest absolute Gasteiger partial charge is 0.420 e. The van der Waals surface area contributed by atoms with Gasteiger partial charge in [0, 0.05) is 5.69 Å². The van der Waals surface area contributed by atoms with Crippen LogP contribution in [0, 0.1) is 0 Å². The number of hydrogen-bond donors (Lipinski definition) is 2. The second-order valence-corrected chi connectivity index (χ2v) is 3.72. The minimum Gasteiger partial charge on any atom is -0.378 e. The van der Waals surface area contributed by atoms with E-state index in [9.17, 15) is 13.2 Å². The molecule has 15 heavy (non-hydrogen) atoms. The molecule has 0 spiro atoms. The second-order valence-electron chi connectivity index (χ2n) is 3.72. The van der Waals surface area contributed by atoms with Crippen molar-refractivity contribution in [1.29, 1.82) is 0 Å². The molecule has 2 rings (SSSR count). The number of alkyl halides is 3. The first-order valence-corrected chi connectivity index (χ1v) is 4.81. The molecule has 0 bridgehead atoms. The van der Waals surface area contributed by atoms with Gasteiger partial charge < -0.3 is 5.11 Å². The summed E-state index contributed by atoms with van der Waals surface area (Å²) in [4.78, 5) is 0. The highest BCUT2D eigenvalue weighted by molar-refractivity contribution is 5.29. The second kappa shape index (κ2) is 3.52. The highest BCUT2D eigenvalue weighted by Gasteiger charge is 2.42. The third-order valence-corrected chi connectivity index (χ3v) is 2.66. The van der Waals surface area contributed by atoms with Crippen LogP contribution in [-0.4, -0.2) is 21.5 Å². The molecule has 0 unspecified atom stereocenters. The van der Waals surface area contributed by atoms with Crippen LogP contribution in [0.1, 0.15) is 35.9 Å². The van der Waals surface area contributed by atoms with Crippen LogP contribution in [0.15, 0.2) is 0 Å². The molecule has 0 fully saturated rings. The number of aliphatic hydroxyl groups is 1. The highest BCUT2D eigenvalue weighted by atomic mass is 19.4. The lowest BCUT2D eigenvalue weighted by atomic mass is 9.94. The summed E-state index contributed by atoms with van der Waals surface area (Å²) >= 11 is 0. The van der Waals surface area contributed by atoms with Gasteiger partial charge in [0.2, 0.25) is 0 Å². The zero-order valence-electron chi connectivity index (χ0n) is 7.93. The van der Waals surface area contributed by atoms with Crippen molar-refractivity contribution in [3.63, 3.8) is 0 Å². The highest BCUT2D eigenvalue weighted by Crippen LogP contribution is 2.35. The third kappa shape index (κ3) is 1.86. The Labute approximate surface area is 84.3 Å². The van der Waals surface area contributed by atoms with Gasteiger partial charge in [0.1, 0.15) is 5.69 Å². The lowest BCUT2D eigenvalue weighted by Crippen LogP contribution is -2.22. The average Bonchev–Trinajstić information content (AvgIpc) is 2.58. The van der Waals surface area contributed by atoms with Gasteiger partial charge in [-0.15, -0.1) is 0 Å². The first-order valence-electron chi connectivity index (χ1n) is 4.81. The third-order valence-electron chi connectivity index (χ3n) is 2.66. The molecule has 0 amide bonds. The van der Waals surface area contributed by atoms with Crippen molar-refractivity contribution in [2.24, 2.45) is 0 Å². The molecule has 0 aliphatic heterocycles. The number of aromatic amines is 1. The van der Waals surface area contributed by atoms with Crippen LogP contribution in [0.5, 0.6) is 0 Å². The van der Waals surface area contributed by atoms with E-state index >= 15 is 0 Å². The fraction of sp³-hybridized carbons (Fsp3) is 0.667. The van der Waals surface area contributed by atoms with Gasteiger partial charge >= 0.3 is 6.18 Å². The molecular weight excluding hydrogens is 209 g/mol. The molecule has 0 aromatic carbocycles. The summed E-state index contributed by atoms with van der Waals surface area (Å²) in [5.74, 6) is 0. The van der Waals surface area contributed by atoms with E-state index in [4.69, 9.17) is 5.11 Å². The summed E-state index contributed by atoms with van der Waals surface area (Å²) in [5, 5.41) is 15.2. The minimum absolute atomic E-state index is 0.253. The standard InChI is InChI=1S/C9H11F3N2O/c10-9(11,12)8(15)7-5-3-1-2-4-6(5)13-14-7/h8,15H,1-4H2,(H,13,14)/t8-/m0/s1. The van der Waals surface area contributed by atoms with Gasteiger partial charge in [0.25, 0.3) is 0 Å². The molecule has 1 heterocycles. The SMILES string of the molecule is O[C@@H](c1n[nH]c2c1CCCC2)C(F)(F)F. The zero-order chi connectivity index (χ0) is 11.1. The fourth-order valence-electron chi connectivity index (χ4n) is 1.89. The summed E-state index contributed by atoms with van der Waals surface area (Å²) in [6, 6.07) is 0. The van der Waals surface area contributed by atoms with E-state index in [0.717, 1.165) is 18.5 Å². The number of H-pyrrole nitrogens is 1. The van der Waals surface area contributed by atoms with Crippen LogP contribution in [-0.2, 0) is 12.8 Å². The van der Waals surface area contributed by atoms with E-state index in [0.29, 0.717) is 18.4 Å². The minimum atomic E-state index is -4.64. The number of nitrogens with one attached hydrogen (secondary N) is 1. The van der Waals surface area contributed by atoms with E-state index in [1.807, 2.05) is 0 Å². The monoisotopic (exact) mass is 220 g/mol. The predicted octanol–water partition coefficient (Wildman–Crippen LogP) is 1.88. The molecule has 1 atom stereocenters. The van der Waals surface area contributed by atoms with E-state index in [1.165, 1.54) is 0 Å². The zero-order valence-corrected chi connectivity index (χ0v) is 7.93. The van der Waals surface area contributed by atoms with Crippen molar-refractivity contribution in [2.45, 2.75) is 38.0 Å². The van der Waals surface area contributed by atoms with Gasteiger partial charge in [-0.2, -0.15) is 18.3 Å². The van der Waals surface area contributed by atoms with E-state index in [1.54, 1.807) is 0 Å². The van der Waals surface area contributed by atoms with Crippen molar-refractivity contribution in [3.05, 3.63) is 17.0 Å². The van der Waals surface area contributed by atoms with Gasteiger partial charge in [0.05, 0.1) is 0 Å². The molecule has 2 N–H and O–H groups in total. The molecular formula is C9H11F3N2O. The van der Waals surface area contributed by atoms with Crippen LogP contribution in [0.25, 0.3) is 0 Å². The summed E-state index contributed by atoms with van der Waals surface area (Å²) in [6.45, 7) is 0. The molecule has 1 aliphatic rings. The molecule has 6 heteroatoms. The number of rotatable bonds is 1. The van der Waals surface area contributed by atoms with Gasteiger partial charge in [-0.1, -0.05) is 0 Å². The van der Waals surface area contributed by atoms with Crippen molar-refractivity contribution in [2.75, 3.05) is 0 Å². The van der Waals surface area contributed by atoms with Crippen LogP contribution in [0.3, 0.4) is 0 Å². The lowest BCUT2D eigenvalue weighted by molar-refractivity contribution is -0.208. The maximum absolute atomic E-state index is 12.3. The number of hydrogen-bond acceptors (Lipinski definition) is 2. The predicted molar refractivity (Wildman–Crippen MR) is 46.2 cm³/mol. The molecule has 1 aromatic rings. The summed E-state index contributed by atoms with van der Waals surface area (Å²) in [5.41, 5.74) is 1.03. The number of aliphatic hydroxyl groups excluding tert-OH is 1. The Hall–Kier alpha value is -1.04. The van der Waals surface area contributed by atoms with Gasteiger partial charge in [-0.3, -0.25) is 5.10 Å². The Bertz CT molecular complexity index is 359. The molecule has 3 nitrogen and oxygen atoms in total. The quantitative estimate of drug-likeness (QED) is 0.759. The average molecular weight is 220 g/mol. The molecule has 1 aliphatic carbocycles. The topological polar surface area (TPSA) is 48.9 Å². The van der Waals surface area contributed by atoms with E-state index < -0.39 is 12.3 Å². The number of halogens is 3. The summed E-state index contributed by atoms with van der Waals surface area (Å²) < 4.78 is 36.8. The first kappa shape index (κ1) is 10.5. The van der Waals surface area contributed by atoms with Crippen molar-refractivity contribution >= 4 is 0 Å². The summed E-state index contributed by atoms with van der Waals surface area (Å²) in [6.07, 6.45) is -4.02. The van der Waals surface area contributed by atoms with Crippen LogP contribution < -0.4 is 0 Å². The van der Waals surface area contributed by atoms with E-state index in [-0.39, 0.29) is 5.69 Å².